The largest absolute Gasteiger partial charge is 0.294 e. The summed E-state index contributed by atoms with van der Waals surface area (Å²) in [5, 5.41) is 5.14. The second-order valence-electron chi connectivity index (χ2n) is 5.23. The van der Waals surface area contributed by atoms with E-state index in [4.69, 9.17) is 11.6 Å². The fraction of sp³-hybridized carbons (Fsp3) is 0.375. The average molecular weight is 289 g/mol. The zero-order valence-corrected chi connectivity index (χ0v) is 12.1. The summed E-state index contributed by atoms with van der Waals surface area (Å²) in [6, 6.07) is 7.96. The number of aromatic nitrogens is 2. The van der Waals surface area contributed by atoms with Crippen LogP contribution in [0.1, 0.15) is 40.9 Å². The maximum absolute atomic E-state index is 11.8. The van der Waals surface area contributed by atoms with Crippen LogP contribution in [0.3, 0.4) is 0 Å². The van der Waals surface area contributed by atoms with Crippen molar-refractivity contribution in [3.05, 3.63) is 52.3 Å². The van der Waals surface area contributed by atoms with E-state index < -0.39 is 0 Å². The van der Waals surface area contributed by atoms with Gasteiger partial charge < -0.3 is 0 Å². The first kappa shape index (κ1) is 13.4. The first-order valence-corrected chi connectivity index (χ1v) is 7.44. The molecular formula is C16H17ClN2O. The van der Waals surface area contributed by atoms with Crippen LogP contribution in [0.25, 0.3) is 0 Å². The Kier molecular flexibility index (Phi) is 3.88. The lowest BCUT2D eigenvalue weighted by Gasteiger charge is -2.13. The second kappa shape index (κ2) is 5.80. The van der Waals surface area contributed by atoms with Crippen LogP contribution in [0.2, 0.25) is 5.02 Å². The molecule has 0 aliphatic heterocycles. The summed E-state index contributed by atoms with van der Waals surface area (Å²) < 4.78 is 2.00. The number of halogens is 1. The van der Waals surface area contributed by atoms with Gasteiger partial charge in [0.05, 0.1) is 11.8 Å². The summed E-state index contributed by atoms with van der Waals surface area (Å²) in [5.41, 5.74) is 3.24. The third-order valence-corrected chi connectivity index (χ3v) is 4.07. The van der Waals surface area contributed by atoms with Crippen molar-refractivity contribution in [1.29, 1.82) is 0 Å². The first-order chi connectivity index (χ1) is 9.74. The van der Waals surface area contributed by atoms with E-state index >= 15 is 0 Å². The molecule has 1 heterocycles. The molecule has 0 radical (unpaired) electrons. The van der Waals surface area contributed by atoms with Gasteiger partial charge in [-0.3, -0.25) is 9.48 Å². The summed E-state index contributed by atoms with van der Waals surface area (Å²) >= 11 is 5.87. The first-order valence-electron chi connectivity index (χ1n) is 7.06. The van der Waals surface area contributed by atoms with Gasteiger partial charge in [-0.2, -0.15) is 5.10 Å². The number of benzene rings is 1. The SMILES string of the molecule is O=C1CCCc2c1cnn2CCCc1ccc(Cl)cc1. The van der Waals surface area contributed by atoms with Crippen molar-refractivity contribution in [2.45, 2.75) is 38.6 Å². The van der Waals surface area contributed by atoms with Crippen LogP contribution in [0.15, 0.2) is 30.5 Å². The molecule has 0 saturated heterocycles. The van der Waals surface area contributed by atoms with E-state index in [-0.39, 0.29) is 5.78 Å². The van der Waals surface area contributed by atoms with Crippen molar-refractivity contribution in [1.82, 2.24) is 9.78 Å². The van der Waals surface area contributed by atoms with Gasteiger partial charge in [-0.1, -0.05) is 23.7 Å². The molecule has 1 aliphatic carbocycles. The van der Waals surface area contributed by atoms with Gasteiger partial charge in [0, 0.05) is 23.7 Å². The Hall–Kier alpha value is -1.61. The molecule has 1 aromatic heterocycles. The summed E-state index contributed by atoms with van der Waals surface area (Å²) in [5.74, 6) is 0.246. The van der Waals surface area contributed by atoms with E-state index in [0.29, 0.717) is 6.42 Å². The van der Waals surface area contributed by atoms with Crippen molar-refractivity contribution in [2.24, 2.45) is 0 Å². The molecule has 3 nitrogen and oxygen atoms in total. The van der Waals surface area contributed by atoms with Gasteiger partial charge in [0.2, 0.25) is 0 Å². The minimum atomic E-state index is 0.246. The maximum Gasteiger partial charge on any atom is 0.166 e. The molecule has 0 fully saturated rings. The predicted molar refractivity (Wildman–Crippen MR) is 79.3 cm³/mol. The summed E-state index contributed by atoms with van der Waals surface area (Å²) in [7, 11) is 0. The van der Waals surface area contributed by atoms with Crippen LogP contribution >= 0.6 is 11.6 Å². The third kappa shape index (κ3) is 2.78. The van der Waals surface area contributed by atoms with Gasteiger partial charge in [-0.25, -0.2) is 0 Å². The van der Waals surface area contributed by atoms with E-state index in [2.05, 4.69) is 17.2 Å². The number of carbonyl (C=O) groups is 1. The standard InChI is InChI=1S/C16H17ClN2O/c17-13-8-6-12(7-9-13)3-2-10-19-15-4-1-5-16(20)14(15)11-18-19/h6-9,11H,1-5,10H2. The van der Waals surface area contributed by atoms with Crippen LogP contribution in [0.5, 0.6) is 0 Å². The fourth-order valence-electron chi connectivity index (χ4n) is 2.74. The molecule has 2 aromatic rings. The number of nitrogens with zero attached hydrogens (tertiary/aromatic N) is 2. The highest BCUT2D eigenvalue weighted by atomic mass is 35.5. The smallest absolute Gasteiger partial charge is 0.166 e. The molecule has 0 spiro atoms. The lowest BCUT2D eigenvalue weighted by Crippen LogP contribution is -2.14. The Balaban J connectivity index is 1.62. The van der Waals surface area contributed by atoms with Crippen molar-refractivity contribution in [3.8, 4) is 0 Å². The molecule has 0 saturated carbocycles. The van der Waals surface area contributed by atoms with Crippen molar-refractivity contribution < 1.29 is 4.79 Å². The number of Topliss-reactive ketones (excluding diaryl/α,β-unsaturated/α-hetero) is 1. The van der Waals surface area contributed by atoms with Gasteiger partial charge in [-0.15, -0.1) is 0 Å². The Morgan fingerprint density at radius 2 is 2.00 bits per heavy atom. The normalized spacial score (nSPS) is 14.3. The zero-order chi connectivity index (χ0) is 13.9. The van der Waals surface area contributed by atoms with Gasteiger partial charge in [0.25, 0.3) is 0 Å². The van der Waals surface area contributed by atoms with E-state index in [1.807, 2.05) is 16.8 Å². The fourth-order valence-corrected chi connectivity index (χ4v) is 2.86. The molecule has 104 valence electrons. The Labute approximate surface area is 123 Å². The minimum Gasteiger partial charge on any atom is -0.294 e. The Morgan fingerprint density at radius 1 is 1.20 bits per heavy atom. The lowest BCUT2D eigenvalue weighted by molar-refractivity contribution is 0.0971. The summed E-state index contributed by atoms with van der Waals surface area (Å²) in [6.45, 7) is 0.866. The van der Waals surface area contributed by atoms with Crippen molar-refractivity contribution >= 4 is 17.4 Å². The number of ketones is 1. The van der Waals surface area contributed by atoms with Crippen LogP contribution in [-0.4, -0.2) is 15.6 Å². The molecule has 0 amide bonds. The van der Waals surface area contributed by atoms with E-state index in [1.165, 1.54) is 5.56 Å². The predicted octanol–water partition coefficient (Wildman–Crippen LogP) is 3.69. The molecule has 3 rings (SSSR count). The Morgan fingerprint density at radius 3 is 2.80 bits per heavy atom. The van der Waals surface area contributed by atoms with Gasteiger partial charge in [0.15, 0.2) is 5.78 Å². The highest BCUT2D eigenvalue weighted by molar-refractivity contribution is 6.30. The quantitative estimate of drug-likeness (QED) is 0.860. The molecule has 1 aromatic carbocycles. The topological polar surface area (TPSA) is 34.9 Å². The molecule has 0 N–H and O–H groups in total. The van der Waals surface area contributed by atoms with E-state index in [9.17, 15) is 4.79 Å². The average Bonchev–Trinajstić information content (AvgIpc) is 2.86. The number of aryl methyl sites for hydroxylation is 2. The zero-order valence-electron chi connectivity index (χ0n) is 11.3. The van der Waals surface area contributed by atoms with Crippen LogP contribution in [0, 0.1) is 0 Å². The summed E-state index contributed by atoms with van der Waals surface area (Å²) in [4.78, 5) is 11.8. The molecule has 1 aliphatic rings. The Bertz CT molecular complexity index is 616. The number of hydrogen-bond acceptors (Lipinski definition) is 2. The molecule has 4 heteroatoms. The number of fused-ring (bicyclic) bond motifs is 1. The van der Waals surface area contributed by atoms with Crippen molar-refractivity contribution in [3.63, 3.8) is 0 Å². The maximum atomic E-state index is 11.8. The monoisotopic (exact) mass is 288 g/mol. The molecular weight excluding hydrogens is 272 g/mol. The molecule has 0 atom stereocenters. The summed E-state index contributed by atoms with van der Waals surface area (Å²) in [6.07, 6.45) is 6.35. The van der Waals surface area contributed by atoms with Gasteiger partial charge in [0.1, 0.15) is 0 Å². The van der Waals surface area contributed by atoms with Crippen LogP contribution < -0.4 is 0 Å². The molecule has 0 unspecified atom stereocenters. The van der Waals surface area contributed by atoms with Gasteiger partial charge >= 0.3 is 0 Å². The van der Waals surface area contributed by atoms with Crippen molar-refractivity contribution in [2.75, 3.05) is 0 Å². The lowest BCUT2D eigenvalue weighted by atomic mass is 9.97. The highest BCUT2D eigenvalue weighted by Gasteiger charge is 2.21. The van der Waals surface area contributed by atoms with E-state index in [0.717, 1.165) is 48.5 Å². The highest BCUT2D eigenvalue weighted by Crippen LogP contribution is 2.21. The second-order valence-corrected chi connectivity index (χ2v) is 5.67. The number of carbonyl (C=O) groups excluding carboxylic acids is 1. The number of rotatable bonds is 4. The van der Waals surface area contributed by atoms with Crippen LogP contribution in [0.4, 0.5) is 0 Å². The molecule has 20 heavy (non-hydrogen) atoms. The molecule has 0 bridgehead atoms. The minimum absolute atomic E-state index is 0.246. The van der Waals surface area contributed by atoms with Gasteiger partial charge in [-0.05, 0) is 43.4 Å². The van der Waals surface area contributed by atoms with E-state index in [1.54, 1.807) is 6.20 Å². The number of hydrogen-bond donors (Lipinski definition) is 0. The third-order valence-electron chi connectivity index (χ3n) is 3.82. The van der Waals surface area contributed by atoms with Crippen LogP contribution in [-0.2, 0) is 19.4 Å².